The van der Waals surface area contributed by atoms with E-state index in [2.05, 4.69) is 4.90 Å². The standard InChI is InChI=1S/C15H26N2O3/c1-18-10-4-7-17(8-11-19-2)9-12-20-15-6-3-5-14(16)13-15/h3,5-6,13H,4,7-12,16H2,1-2H3. The molecule has 0 aromatic heterocycles. The van der Waals surface area contributed by atoms with Crippen LogP contribution in [-0.2, 0) is 9.47 Å². The predicted octanol–water partition coefficient (Wildman–Crippen LogP) is 1.63. The molecule has 20 heavy (non-hydrogen) atoms. The molecule has 0 spiro atoms. The second-order valence-corrected chi connectivity index (χ2v) is 4.60. The molecule has 0 amide bonds. The number of hydrogen-bond donors (Lipinski definition) is 1. The molecule has 5 heteroatoms. The average molecular weight is 282 g/mol. The molecule has 0 bridgehead atoms. The Bertz CT molecular complexity index is 361. The van der Waals surface area contributed by atoms with Gasteiger partial charge in [0.1, 0.15) is 12.4 Å². The van der Waals surface area contributed by atoms with Crippen molar-refractivity contribution in [2.24, 2.45) is 0 Å². The van der Waals surface area contributed by atoms with Crippen molar-refractivity contribution in [1.29, 1.82) is 0 Å². The number of rotatable bonds is 11. The van der Waals surface area contributed by atoms with E-state index >= 15 is 0 Å². The first-order valence-corrected chi connectivity index (χ1v) is 6.95. The Morgan fingerprint density at radius 1 is 1.00 bits per heavy atom. The average Bonchev–Trinajstić information content (AvgIpc) is 2.44. The summed E-state index contributed by atoms with van der Waals surface area (Å²) in [5, 5.41) is 0. The number of anilines is 1. The van der Waals surface area contributed by atoms with E-state index in [1.807, 2.05) is 24.3 Å². The minimum absolute atomic E-state index is 0.639. The number of methoxy groups -OCH3 is 2. The SMILES string of the molecule is COCCCN(CCOC)CCOc1cccc(N)c1. The Kier molecular flexibility index (Phi) is 8.78. The number of benzene rings is 1. The minimum Gasteiger partial charge on any atom is -0.492 e. The molecule has 0 fully saturated rings. The fourth-order valence-corrected chi connectivity index (χ4v) is 1.89. The Hall–Kier alpha value is -1.30. The van der Waals surface area contributed by atoms with Crippen LogP contribution in [0.2, 0.25) is 0 Å². The van der Waals surface area contributed by atoms with Gasteiger partial charge in [0.05, 0.1) is 6.61 Å². The van der Waals surface area contributed by atoms with Crippen molar-refractivity contribution in [1.82, 2.24) is 4.90 Å². The first kappa shape index (κ1) is 16.8. The van der Waals surface area contributed by atoms with Crippen LogP contribution in [0, 0.1) is 0 Å². The van der Waals surface area contributed by atoms with Crippen LogP contribution in [0.4, 0.5) is 5.69 Å². The highest BCUT2D eigenvalue weighted by Crippen LogP contribution is 2.14. The smallest absolute Gasteiger partial charge is 0.121 e. The van der Waals surface area contributed by atoms with E-state index in [9.17, 15) is 0 Å². The van der Waals surface area contributed by atoms with E-state index in [1.165, 1.54) is 0 Å². The molecule has 114 valence electrons. The van der Waals surface area contributed by atoms with E-state index < -0.39 is 0 Å². The molecule has 0 unspecified atom stereocenters. The molecule has 5 nitrogen and oxygen atoms in total. The lowest BCUT2D eigenvalue weighted by atomic mass is 10.3. The van der Waals surface area contributed by atoms with Crippen molar-refractivity contribution < 1.29 is 14.2 Å². The summed E-state index contributed by atoms with van der Waals surface area (Å²) >= 11 is 0. The largest absolute Gasteiger partial charge is 0.492 e. The van der Waals surface area contributed by atoms with E-state index in [4.69, 9.17) is 19.9 Å². The van der Waals surface area contributed by atoms with Gasteiger partial charge in [0.25, 0.3) is 0 Å². The highest BCUT2D eigenvalue weighted by Gasteiger charge is 2.05. The normalized spacial score (nSPS) is 10.9. The molecule has 2 N–H and O–H groups in total. The van der Waals surface area contributed by atoms with Crippen LogP contribution in [0.15, 0.2) is 24.3 Å². The highest BCUT2D eigenvalue weighted by atomic mass is 16.5. The van der Waals surface area contributed by atoms with Crippen LogP contribution in [0.3, 0.4) is 0 Å². The number of nitrogen functional groups attached to an aromatic ring is 1. The van der Waals surface area contributed by atoms with Crippen LogP contribution in [0.5, 0.6) is 5.75 Å². The van der Waals surface area contributed by atoms with Gasteiger partial charge in [-0.2, -0.15) is 0 Å². The zero-order chi connectivity index (χ0) is 14.6. The van der Waals surface area contributed by atoms with Gasteiger partial charge in [0, 0.05) is 52.2 Å². The van der Waals surface area contributed by atoms with Gasteiger partial charge >= 0.3 is 0 Å². The maximum atomic E-state index is 5.72. The third-order valence-corrected chi connectivity index (χ3v) is 2.97. The Labute approximate surface area is 121 Å². The summed E-state index contributed by atoms with van der Waals surface area (Å²) in [4.78, 5) is 2.31. The molecule has 0 radical (unpaired) electrons. The molecule has 0 atom stereocenters. The summed E-state index contributed by atoms with van der Waals surface area (Å²) in [6.07, 6.45) is 1.01. The molecule has 0 aliphatic heterocycles. The van der Waals surface area contributed by atoms with Gasteiger partial charge < -0.3 is 19.9 Å². The molecule has 1 rings (SSSR count). The summed E-state index contributed by atoms with van der Waals surface area (Å²) in [5.41, 5.74) is 6.44. The van der Waals surface area contributed by atoms with Crippen molar-refractivity contribution in [3.05, 3.63) is 24.3 Å². The third kappa shape index (κ3) is 7.33. The molecule has 0 saturated carbocycles. The van der Waals surface area contributed by atoms with E-state index in [0.717, 1.165) is 50.7 Å². The van der Waals surface area contributed by atoms with Gasteiger partial charge in [-0.25, -0.2) is 0 Å². The van der Waals surface area contributed by atoms with Crippen molar-refractivity contribution in [2.75, 3.05) is 59.4 Å². The first-order chi connectivity index (χ1) is 9.76. The predicted molar refractivity (Wildman–Crippen MR) is 81.2 cm³/mol. The maximum Gasteiger partial charge on any atom is 0.121 e. The van der Waals surface area contributed by atoms with Crippen molar-refractivity contribution in [3.63, 3.8) is 0 Å². The van der Waals surface area contributed by atoms with Crippen LogP contribution in [0.25, 0.3) is 0 Å². The Morgan fingerprint density at radius 2 is 1.75 bits per heavy atom. The second-order valence-electron chi connectivity index (χ2n) is 4.60. The molecule has 1 aromatic carbocycles. The van der Waals surface area contributed by atoms with Crippen molar-refractivity contribution in [3.8, 4) is 5.75 Å². The number of nitrogens with zero attached hydrogens (tertiary/aromatic N) is 1. The maximum absolute atomic E-state index is 5.72. The minimum atomic E-state index is 0.639. The molecule has 1 aromatic rings. The van der Waals surface area contributed by atoms with Gasteiger partial charge in [-0.05, 0) is 18.6 Å². The molecule has 0 aliphatic rings. The zero-order valence-corrected chi connectivity index (χ0v) is 12.5. The number of hydrogen-bond acceptors (Lipinski definition) is 5. The molecule has 0 saturated heterocycles. The van der Waals surface area contributed by atoms with E-state index in [-0.39, 0.29) is 0 Å². The molecule has 0 heterocycles. The second kappa shape index (κ2) is 10.5. The van der Waals surface area contributed by atoms with Crippen LogP contribution in [-0.4, -0.2) is 58.6 Å². The monoisotopic (exact) mass is 282 g/mol. The van der Waals surface area contributed by atoms with Gasteiger partial charge in [0.2, 0.25) is 0 Å². The number of ether oxygens (including phenoxy) is 3. The van der Waals surface area contributed by atoms with Gasteiger partial charge in [-0.3, -0.25) is 4.90 Å². The summed E-state index contributed by atoms with van der Waals surface area (Å²) in [6.45, 7) is 4.89. The quantitative estimate of drug-likeness (QED) is 0.494. The third-order valence-electron chi connectivity index (χ3n) is 2.97. The van der Waals surface area contributed by atoms with E-state index in [0.29, 0.717) is 6.61 Å². The van der Waals surface area contributed by atoms with Gasteiger partial charge in [0.15, 0.2) is 0 Å². The number of nitrogens with two attached hydrogens (primary N) is 1. The lowest BCUT2D eigenvalue weighted by Crippen LogP contribution is -2.33. The van der Waals surface area contributed by atoms with Crippen LogP contribution in [0.1, 0.15) is 6.42 Å². The van der Waals surface area contributed by atoms with Gasteiger partial charge in [-0.1, -0.05) is 6.07 Å². The van der Waals surface area contributed by atoms with Crippen LogP contribution < -0.4 is 10.5 Å². The Morgan fingerprint density at radius 3 is 2.45 bits per heavy atom. The first-order valence-electron chi connectivity index (χ1n) is 6.95. The molecule has 0 aliphatic carbocycles. The van der Waals surface area contributed by atoms with Gasteiger partial charge in [-0.15, -0.1) is 0 Å². The fraction of sp³-hybridized carbons (Fsp3) is 0.600. The fourth-order valence-electron chi connectivity index (χ4n) is 1.89. The molecular weight excluding hydrogens is 256 g/mol. The van der Waals surface area contributed by atoms with E-state index in [1.54, 1.807) is 14.2 Å². The summed E-state index contributed by atoms with van der Waals surface area (Å²) in [5.74, 6) is 0.814. The molecular formula is C15H26N2O3. The topological polar surface area (TPSA) is 57.0 Å². The lowest BCUT2D eigenvalue weighted by Gasteiger charge is -2.21. The Balaban J connectivity index is 2.29. The van der Waals surface area contributed by atoms with Crippen molar-refractivity contribution >= 4 is 5.69 Å². The zero-order valence-electron chi connectivity index (χ0n) is 12.5. The highest BCUT2D eigenvalue weighted by molar-refractivity contribution is 5.43. The summed E-state index contributed by atoms with van der Waals surface area (Å²) in [6, 6.07) is 7.50. The van der Waals surface area contributed by atoms with Crippen molar-refractivity contribution in [2.45, 2.75) is 6.42 Å². The summed E-state index contributed by atoms with van der Waals surface area (Å²) < 4.78 is 15.9. The summed E-state index contributed by atoms with van der Waals surface area (Å²) in [7, 11) is 3.44. The lowest BCUT2D eigenvalue weighted by molar-refractivity contribution is 0.121. The van der Waals surface area contributed by atoms with Crippen LogP contribution >= 0.6 is 0 Å².